The highest BCUT2D eigenvalue weighted by atomic mass is 19.1. The number of imide groups is 1. The number of hydrazine groups is 1. The molecule has 0 radical (unpaired) electrons. The fourth-order valence-corrected chi connectivity index (χ4v) is 2.87. The summed E-state index contributed by atoms with van der Waals surface area (Å²) in [6, 6.07) is 13.4. The topological polar surface area (TPSA) is 117 Å². The molecule has 1 saturated heterocycles. The summed E-state index contributed by atoms with van der Waals surface area (Å²) in [5, 5.41) is 2.57. The molecule has 1 aliphatic heterocycles. The van der Waals surface area contributed by atoms with Gasteiger partial charge in [-0.3, -0.25) is 30.1 Å². The molecule has 1 heterocycles. The predicted molar refractivity (Wildman–Crippen MR) is 102 cm³/mol. The first-order valence-corrected chi connectivity index (χ1v) is 8.96. The number of nitrogens with zero attached hydrogens (tertiary/aromatic N) is 1. The molecule has 0 unspecified atom stereocenters. The minimum atomic E-state index is -1.30. The van der Waals surface area contributed by atoms with Crippen LogP contribution < -0.4 is 20.9 Å². The summed E-state index contributed by atoms with van der Waals surface area (Å²) < 4.78 is 18.4. The Bertz CT molecular complexity index is 984. The Labute approximate surface area is 171 Å². The van der Waals surface area contributed by atoms with Crippen molar-refractivity contribution in [2.75, 3.05) is 13.2 Å². The zero-order chi connectivity index (χ0) is 21.7. The summed E-state index contributed by atoms with van der Waals surface area (Å²) in [5.74, 6) is -2.89. The lowest BCUT2D eigenvalue weighted by atomic mass is 9.92. The van der Waals surface area contributed by atoms with Crippen LogP contribution in [-0.2, 0) is 19.9 Å². The third-order valence-electron chi connectivity index (χ3n) is 4.46. The van der Waals surface area contributed by atoms with Crippen LogP contribution in [0.25, 0.3) is 0 Å². The van der Waals surface area contributed by atoms with Crippen molar-refractivity contribution in [1.82, 2.24) is 21.1 Å². The van der Waals surface area contributed by atoms with Gasteiger partial charge in [-0.05, 0) is 24.6 Å². The lowest BCUT2D eigenvalue weighted by Crippen LogP contribution is -2.49. The van der Waals surface area contributed by atoms with Crippen LogP contribution in [0, 0.1) is 5.82 Å². The van der Waals surface area contributed by atoms with E-state index in [1.165, 1.54) is 18.2 Å². The average molecular weight is 414 g/mol. The molecule has 2 aromatic carbocycles. The van der Waals surface area contributed by atoms with Crippen molar-refractivity contribution >= 4 is 23.8 Å². The standard InChI is InChI=1S/C20H19FN4O5/c1-20(13-7-3-2-4-8-13)18(28)25(19(29)22-20)11-16(26)23-24-17(27)12-30-15-10-6-5-9-14(15)21/h2-10H,11-12H2,1H3,(H,22,29)(H,23,26)(H,24,27)/t20-/m0/s1. The molecule has 5 amide bonds. The molecule has 0 bridgehead atoms. The summed E-state index contributed by atoms with van der Waals surface area (Å²) >= 11 is 0. The number of para-hydroxylation sites is 1. The molecule has 1 atom stereocenters. The van der Waals surface area contributed by atoms with E-state index in [0.717, 1.165) is 4.90 Å². The molecule has 0 aliphatic carbocycles. The molecular formula is C20H19FN4O5. The summed E-state index contributed by atoms with van der Waals surface area (Å²) in [4.78, 5) is 49.5. The van der Waals surface area contributed by atoms with Crippen LogP contribution in [0.4, 0.5) is 9.18 Å². The van der Waals surface area contributed by atoms with Crippen LogP contribution in [-0.4, -0.2) is 41.8 Å². The number of hydrogen-bond acceptors (Lipinski definition) is 5. The van der Waals surface area contributed by atoms with E-state index in [4.69, 9.17) is 4.74 Å². The van der Waals surface area contributed by atoms with E-state index in [1.54, 1.807) is 43.3 Å². The molecule has 3 N–H and O–H groups in total. The van der Waals surface area contributed by atoms with Gasteiger partial charge in [0.1, 0.15) is 12.1 Å². The summed E-state index contributed by atoms with van der Waals surface area (Å²) in [5.41, 5.74) is 3.43. The van der Waals surface area contributed by atoms with Crippen LogP contribution in [0.5, 0.6) is 5.75 Å². The van der Waals surface area contributed by atoms with Crippen LogP contribution in [0.1, 0.15) is 12.5 Å². The van der Waals surface area contributed by atoms with Crippen molar-refractivity contribution in [2.24, 2.45) is 0 Å². The van der Waals surface area contributed by atoms with Crippen molar-refractivity contribution < 1.29 is 28.3 Å². The Hall–Kier alpha value is -3.95. The van der Waals surface area contributed by atoms with Crippen LogP contribution in [0.2, 0.25) is 0 Å². The van der Waals surface area contributed by atoms with Gasteiger partial charge in [-0.15, -0.1) is 0 Å². The zero-order valence-electron chi connectivity index (χ0n) is 16.0. The smallest absolute Gasteiger partial charge is 0.325 e. The number of hydrogen-bond donors (Lipinski definition) is 3. The van der Waals surface area contributed by atoms with Gasteiger partial charge in [0.15, 0.2) is 18.2 Å². The Morgan fingerprint density at radius 1 is 1.03 bits per heavy atom. The quantitative estimate of drug-likeness (QED) is 0.478. The maximum atomic E-state index is 13.4. The van der Waals surface area contributed by atoms with Gasteiger partial charge in [0.25, 0.3) is 17.7 Å². The van der Waals surface area contributed by atoms with Crippen LogP contribution >= 0.6 is 0 Å². The van der Waals surface area contributed by atoms with Crippen molar-refractivity contribution in [3.05, 3.63) is 66.0 Å². The third-order valence-corrected chi connectivity index (χ3v) is 4.46. The van der Waals surface area contributed by atoms with Crippen molar-refractivity contribution in [3.63, 3.8) is 0 Å². The van der Waals surface area contributed by atoms with Crippen molar-refractivity contribution in [2.45, 2.75) is 12.5 Å². The number of benzene rings is 2. The van der Waals surface area contributed by atoms with Gasteiger partial charge in [0.05, 0.1) is 0 Å². The second-order valence-corrected chi connectivity index (χ2v) is 6.63. The van der Waals surface area contributed by atoms with Crippen molar-refractivity contribution in [3.8, 4) is 5.75 Å². The minimum absolute atomic E-state index is 0.112. The molecule has 1 aliphatic rings. The maximum Gasteiger partial charge on any atom is 0.325 e. The Kier molecular flexibility index (Phi) is 5.95. The fraction of sp³-hybridized carbons (Fsp3) is 0.200. The van der Waals surface area contributed by atoms with Gasteiger partial charge in [-0.1, -0.05) is 42.5 Å². The van der Waals surface area contributed by atoms with E-state index in [2.05, 4.69) is 16.2 Å². The molecule has 156 valence electrons. The van der Waals surface area contributed by atoms with Crippen LogP contribution in [0.15, 0.2) is 54.6 Å². The van der Waals surface area contributed by atoms with E-state index in [0.29, 0.717) is 5.56 Å². The Morgan fingerprint density at radius 2 is 1.67 bits per heavy atom. The highest BCUT2D eigenvalue weighted by Gasteiger charge is 2.49. The van der Waals surface area contributed by atoms with E-state index in [-0.39, 0.29) is 5.75 Å². The molecule has 9 nitrogen and oxygen atoms in total. The summed E-state index contributed by atoms with van der Waals surface area (Å²) in [7, 11) is 0. The lowest BCUT2D eigenvalue weighted by Gasteiger charge is -2.22. The number of carbonyl (C=O) groups excluding carboxylic acids is 4. The van der Waals surface area contributed by atoms with Gasteiger partial charge >= 0.3 is 6.03 Å². The lowest BCUT2D eigenvalue weighted by molar-refractivity contribution is -0.136. The summed E-state index contributed by atoms with van der Waals surface area (Å²) in [6.45, 7) is 0.403. The number of carbonyl (C=O) groups is 4. The van der Waals surface area contributed by atoms with Gasteiger partial charge in [-0.25, -0.2) is 9.18 Å². The minimum Gasteiger partial charge on any atom is -0.481 e. The maximum absolute atomic E-state index is 13.4. The Morgan fingerprint density at radius 3 is 2.37 bits per heavy atom. The van der Waals surface area contributed by atoms with Gasteiger partial charge < -0.3 is 10.1 Å². The highest BCUT2D eigenvalue weighted by Crippen LogP contribution is 2.28. The molecule has 30 heavy (non-hydrogen) atoms. The SMILES string of the molecule is C[C@@]1(c2ccccc2)NC(=O)N(CC(=O)NNC(=O)COc2ccccc2F)C1=O. The Balaban J connectivity index is 1.51. The second kappa shape index (κ2) is 8.60. The molecule has 0 saturated carbocycles. The molecule has 0 spiro atoms. The van der Waals surface area contributed by atoms with E-state index >= 15 is 0 Å². The zero-order valence-corrected chi connectivity index (χ0v) is 16.0. The van der Waals surface area contributed by atoms with Gasteiger partial charge in [0.2, 0.25) is 0 Å². The summed E-state index contributed by atoms with van der Waals surface area (Å²) in [6.07, 6.45) is 0. The second-order valence-electron chi connectivity index (χ2n) is 6.63. The number of amides is 5. The average Bonchev–Trinajstić information content (AvgIpc) is 2.96. The van der Waals surface area contributed by atoms with Gasteiger partial charge in [-0.2, -0.15) is 0 Å². The monoisotopic (exact) mass is 414 g/mol. The van der Waals surface area contributed by atoms with Crippen LogP contribution in [0.3, 0.4) is 0 Å². The molecule has 2 aromatic rings. The number of urea groups is 1. The number of nitrogens with one attached hydrogen (secondary N) is 3. The number of ether oxygens (including phenoxy) is 1. The normalized spacial score (nSPS) is 18.0. The first-order chi connectivity index (χ1) is 14.3. The largest absolute Gasteiger partial charge is 0.481 e. The highest BCUT2D eigenvalue weighted by molar-refractivity contribution is 6.09. The first kappa shape index (κ1) is 20.8. The van der Waals surface area contributed by atoms with Gasteiger partial charge in [0, 0.05) is 0 Å². The number of halogens is 1. The van der Waals surface area contributed by atoms with E-state index in [9.17, 15) is 23.6 Å². The molecule has 10 heteroatoms. The van der Waals surface area contributed by atoms with E-state index < -0.39 is 48.3 Å². The molecule has 0 aromatic heterocycles. The third kappa shape index (κ3) is 4.37. The number of rotatable bonds is 6. The first-order valence-electron chi connectivity index (χ1n) is 8.96. The molecule has 3 rings (SSSR count). The van der Waals surface area contributed by atoms with Crippen molar-refractivity contribution in [1.29, 1.82) is 0 Å². The molecule has 1 fully saturated rings. The fourth-order valence-electron chi connectivity index (χ4n) is 2.87. The van der Waals surface area contributed by atoms with E-state index in [1.807, 2.05) is 0 Å². The molecular weight excluding hydrogens is 395 g/mol. The predicted octanol–water partition coefficient (Wildman–Crippen LogP) is 0.819.